The molecule has 6 nitrogen and oxygen atoms in total. The summed E-state index contributed by atoms with van der Waals surface area (Å²) in [6.45, 7) is 0.138. The van der Waals surface area contributed by atoms with Crippen LogP contribution in [0.25, 0.3) is 10.9 Å². The van der Waals surface area contributed by atoms with Crippen molar-refractivity contribution in [3.63, 3.8) is 0 Å². The molecule has 2 heterocycles. The van der Waals surface area contributed by atoms with Gasteiger partial charge in [0.25, 0.3) is 5.91 Å². The average Bonchev–Trinajstić information content (AvgIpc) is 2.71. The van der Waals surface area contributed by atoms with Crippen molar-refractivity contribution in [2.24, 2.45) is 0 Å². The minimum Gasteiger partial charge on any atom is -0.358 e. The van der Waals surface area contributed by atoms with Crippen molar-refractivity contribution in [2.45, 2.75) is 6.17 Å². The molecule has 4 rings (SSSR count). The first-order chi connectivity index (χ1) is 13.1. The molecule has 0 aliphatic carbocycles. The second kappa shape index (κ2) is 6.72. The molecule has 2 amide bonds. The van der Waals surface area contributed by atoms with Gasteiger partial charge in [0.1, 0.15) is 6.17 Å². The summed E-state index contributed by atoms with van der Waals surface area (Å²) >= 11 is 0. The van der Waals surface area contributed by atoms with Gasteiger partial charge in [0.05, 0.1) is 23.3 Å². The van der Waals surface area contributed by atoms with Gasteiger partial charge in [-0.3, -0.25) is 14.6 Å². The first kappa shape index (κ1) is 17.0. The van der Waals surface area contributed by atoms with Crippen LogP contribution in [0.1, 0.15) is 22.1 Å². The number of hydrogen-bond acceptors (Lipinski definition) is 4. The summed E-state index contributed by atoms with van der Waals surface area (Å²) in [6, 6.07) is 17.2. The number of carbonyl (C=O) groups excluding carboxylic acids is 2. The third kappa shape index (κ3) is 2.79. The average molecular weight is 360 g/mol. The van der Waals surface area contributed by atoms with E-state index < -0.39 is 6.17 Å². The Balaban J connectivity index is 1.93. The molecule has 0 saturated heterocycles. The van der Waals surface area contributed by atoms with E-state index in [0.717, 1.165) is 22.2 Å². The molecule has 1 N–H and O–H groups in total. The SMILES string of the molecule is CNC(=O)CN1c2ccccc2C(=O)N(C)[C@@H]1c1cccc2cccnc12. The molecule has 1 aliphatic rings. The lowest BCUT2D eigenvalue weighted by Crippen LogP contribution is -2.50. The van der Waals surface area contributed by atoms with Gasteiger partial charge in [0.15, 0.2) is 0 Å². The number of pyridine rings is 1. The smallest absolute Gasteiger partial charge is 0.257 e. The molecular formula is C21H20N4O2. The van der Waals surface area contributed by atoms with Crippen molar-refractivity contribution in [2.75, 3.05) is 25.5 Å². The van der Waals surface area contributed by atoms with Crippen LogP contribution >= 0.6 is 0 Å². The standard InChI is InChI=1S/C21H20N4O2/c1-22-18(26)13-25-17-11-4-3-9-15(17)21(27)24(2)20(25)16-10-5-7-14-8-6-12-23-19(14)16/h3-12,20H,13H2,1-2H3,(H,22,26)/t20-/m0/s1. The highest BCUT2D eigenvalue weighted by atomic mass is 16.2. The molecule has 1 atom stereocenters. The van der Waals surface area contributed by atoms with E-state index in [4.69, 9.17) is 0 Å². The second-order valence-corrected chi connectivity index (χ2v) is 6.53. The summed E-state index contributed by atoms with van der Waals surface area (Å²) in [4.78, 5) is 33.4. The molecule has 27 heavy (non-hydrogen) atoms. The van der Waals surface area contributed by atoms with Gasteiger partial charge in [0, 0.05) is 31.2 Å². The molecule has 0 radical (unpaired) electrons. The Morgan fingerprint density at radius 1 is 1.11 bits per heavy atom. The van der Waals surface area contributed by atoms with Crippen LogP contribution in [-0.4, -0.2) is 42.3 Å². The van der Waals surface area contributed by atoms with Crippen molar-refractivity contribution in [3.05, 3.63) is 71.9 Å². The number of amides is 2. The van der Waals surface area contributed by atoms with Crippen LogP contribution in [0.5, 0.6) is 0 Å². The Morgan fingerprint density at radius 3 is 2.70 bits per heavy atom. The lowest BCUT2D eigenvalue weighted by molar-refractivity contribution is -0.119. The number of para-hydroxylation sites is 2. The first-order valence-electron chi connectivity index (χ1n) is 8.79. The number of carbonyl (C=O) groups is 2. The summed E-state index contributed by atoms with van der Waals surface area (Å²) in [5.74, 6) is -0.192. The maximum absolute atomic E-state index is 13.0. The van der Waals surface area contributed by atoms with Crippen LogP contribution in [0.3, 0.4) is 0 Å². The van der Waals surface area contributed by atoms with Gasteiger partial charge in [-0.05, 0) is 18.2 Å². The fourth-order valence-electron chi connectivity index (χ4n) is 3.66. The number of anilines is 1. The van der Waals surface area contributed by atoms with Gasteiger partial charge in [-0.2, -0.15) is 0 Å². The van der Waals surface area contributed by atoms with Gasteiger partial charge in [0.2, 0.25) is 5.91 Å². The highest BCUT2D eigenvalue weighted by Crippen LogP contribution is 2.39. The Morgan fingerprint density at radius 2 is 1.89 bits per heavy atom. The van der Waals surface area contributed by atoms with Crippen molar-refractivity contribution >= 4 is 28.4 Å². The van der Waals surface area contributed by atoms with Crippen LogP contribution < -0.4 is 10.2 Å². The molecule has 1 aliphatic heterocycles. The lowest BCUT2D eigenvalue weighted by Gasteiger charge is -2.44. The van der Waals surface area contributed by atoms with Crippen molar-refractivity contribution < 1.29 is 9.59 Å². The van der Waals surface area contributed by atoms with Crippen molar-refractivity contribution in [1.29, 1.82) is 0 Å². The molecule has 0 saturated carbocycles. The van der Waals surface area contributed by atoms with E-state index in [1.807, 2.05) is 53.4 Å². The fourth-order valence-corrected chi connectivity index (χ4v) is 3.66. The normalized spacial score (nSPS) is 16.4. The van der Waals surface area contributed by atoms with E-state index >= 15 is 0 Å². The zero-order chi connectivity index (χ0) is 19.0. The zero-order valence-electron chi connectivity index (χ0n) is 15.2. The maximum atomic E-state index is 13.0. The molecule has 136 valence electrons. The second-order valence-electron chi connectivity index (χ2n) is 6.53. The molecular weight excluding hydrogens is 340 g/mol. The number of hydrogen-bond donors (Lipinski definition) is 1. The quantitative estimate of drug-likeness (QED) is 0.780. The predicted octanol–water partition coefficient (Wildman–Crippen LogP) is 2.57. The van der Waals surface area contributed by atoms with E-state index in [1.165, 1.54) is 0 Å². The number of nitrogens with one attached hydrogen (secondary N) is 1. The summed E-state index contributed by atoms with van der Waals surface area (Å²) < 4.78 is 0. The monoisotopic (exact) mass is 360 g/mol. The van der Waals surface area contributed by atoms with E-state index in [1.54, 1.807) is 31.3 Å². The number of aromatic nitrogens is 1. The van der Waals surface area contributed by atoms with Crippen LogP contribution in [0.4, 0.5) is 5.69 Å². The largest absolute Gasteiger partial charge is 0.358 e. The van der Waals surface area contributed by atoms with E-state index in [9.17, 15) is 9.59 Å². The highest BCUT2D eigenvalue weighted by Gasteiger charge is 2.37. The Hall–Kier alpha value is -3.41. The summed E-state index contributed by atoms with van der Waals surface area (Å²) in [5.41, 5.74) is 3.06. The van der Waals surface area contributed by atoms with Gasteiger partial charge in [-0.15, -0.1) is 0 Å². The summed E-state index contributed by atoms with van der Waals surface area (Å²) in [5, 5.41) is 3.67. The number of fused-ring (bicyclic) bond motifs is 2. The Labute approximate surface area is 157 Å². The lowest BCUT2D eigenvalue weighted by atomic mass is 9.99. The van der Waals surface area contributed by atoms with Crippen LogP contribution in [0, 0.1) is 0 Å². The predicted molar refractivity (Wildman–Crippen MR) is 104 cm³/mol. The Kier molecular flexibility index (Phi) is 4.24. The van der Waals surface area contributed by atoms with Gasteiger partial charge >= 0.3 is 0 Å². The van der Waals surface area contributed by atoms with E-state index in [0.29, 0.717) is 5.56 Å². The Bertz CT molecular complexity index is 1030. The first-order valence-corrected chi connectivity index (χ1v) is 8.79. The van der Waals surface area contributed by atoms with Crippen molar-refractivity contribution in [1.82, 2.24) is 15.2 Å². The molecule has 1 aromatic heterocycles. The molecule has 2 aromatic carbocycles. The molecule has 0 bridgehead atoms. The maximum Gasteiger partial charge on any atom is 0.257 e. The van der Waals surface area contributed by atoms with Crippen molar-refractivity contribution in [3.8, 4) is 0 Å². The van der Waals surface area contributed by atoms with Crippen LogP contribution in [-0.2, 0) is 4.79 Å². The van der Waals surface area contributed by atoms with E-state index in [-0.39, 0.29) is 18.4 Å². The fraction of sp³-hybridized carbons (Fsp3) is 0.190. The minimum absolute atomic E-state index is 0.0725. The number of rotatable bonds is 3. The minimum atomic E-state index is -0.428. The van der Waals surface area contributed by atoms with Crippen LogP contribution in [0.15, 0.2) is 60.8 Å². The number of benzene rings is 2. The third-order valence-corrected chi connectivity index (χ3v) is 4.96. The molecule has 0 fully saturated rings. The third-order valence-electron chi connectivity index (χ3n) is 4.96. The van der Waals surface area contributed by atoms with E-state index in [2.05, 4.69) is 10.3 Å². The number of nitrogens with zero attached hydrogens (tertiary/aromatic N) is 3. The summed E-state index contributed by atoms with van der Waals surface area (Å²) in [7, 11) is 3.38. The van der Waals surface area contributed by atoms with Gasteiger partial charge in [-0.25, -0.2) is 0 Å². The molecule has 0 unspecified atom stereocenters. The highest BCUT2D eigenvalue weighted by molar-refractivity contribution is 6.03. The zero-order valence-corrected chi connectivity index (χ0v) is 15.2. The number of likely N-dealkylation sites (N-methyl/N-ethyl adjacent to an activating group) is 1. The molecule has 3 aromatic rings. The molecule has 0 spiro atoms. The van der Waals surface area contributed by atoms with Gasteiger partial charge < -0.3 is 15.1 Å². The topological polar surface area (TPSA) is 65.5 Å². The molecule has 6 heteroatoms. The summed E-state index contributed by atoms with van der Waals surface area (Å²) in [6.07, 6.45) is 1.32. The van der Waals surface area contributed by atoms with Gasteiger partial charge in [-0.1, -0.05) is 36.4 Å². The van der Waals surface area contributed by atoms with Crippen LogP contribution in [0.2, 0.25) is 0 Å².